The summed E-state index contributed by atoms with van der Waals surface area (Å²) in [6, 6.07) is 10.4. The first-order valence-electron chi connectivity index (χ1n) is 5.71. The molecule has 0 heterocycles. The second-order valence-electron chi connectivity index (χ2n) is 4.18. The summed E-state index contributed by atoms with van der Waals surface area (Å²) in [6.07, 6.45) is 4.94. The zero-order valence-electron chi connectivity index (χ0n) is 9.33. The molecule has 1 aromatic carbocycles. The molecule has 0 aromatic heterocycles. The lowest BCUT2D eigenvalue weighted by atomic mass is 9.99. The van der Waals surface area contributed by atoms with E-state index in [4.69, 9.17) is 4.74 Å². The maximum absolute atomic E-state index is 5.86. The van der Waals surface area contributed by atoms with Crippen molar-refractivity contribution < 1.29 is 4.74 Å². The van der Waals surface area contributed by atoms with E-state index in [1.165, 1.54) is 36.2 Å². The topological polar surface area (TPSA) is 9.23 Å². The summed E-state index contributed by atoms with van der Waals surface area (Å²) in [5.74, 6) is 1.23. The van der Waals surface area contributed by atoms with Crippen LogP contribution in [0.4, 0.5) is 0 Å². The lowest BCUT2D eigenvalue weighted by Crippen LogP contribution is -2.01. The molecule has 0 saturated heterocycles. The van der Waals surface area contributed by atoms with Crippen LogP contribution in [0.25, 0.3) is 0 Å². The average molecular weight is 202 g/mol. The predicted molar refractivity (Wildman–Crippen MR) is 62.4 cm³/mol. The van der Waals surface area contributed by atoms with E-state index in [0.717, 1.165) is 6.42 Å². The molecule has 15 heavy (non-hydrogen) atoms. The molecule has 1 nitrogen and oxygen atoms in total. The van der Waals surface area contributed by atoms with Crippen molar-refractivity contribution in [3.05, 3.63) is 47.2 Å². The molecular formula is C14H18O. The Labute approximate surface area is 91.8 Å². The molecule has 1 aliphatic rings. The molecule has 1 heteroatoms. The van der Waals surface area contributed by atoms with E-state index in [1.807, 2.05) is 6.07 Å². The van der Waals surface area contributed by atoms with Crippen LogP contribution in [0.1, 0.15) is 38.2 Å². The quantitative estimate of drug-likeness (QED) is 0.718. The molecule has 1 aromatic rings. The summed E-state index contributed by atoms with van der Waals surface area (Å²) in [7, 11) is 0. The zero-order valence-corrected chi connectivity index (χ0v) is 9.33. The Morgan fingerprint density at radius 2 is 1.80 bits per heavy atom. The van der Waals surface area contributed by atoms with Gasteiger partial charge in [-0.3, -0.25) is 0 Å². The summed E-state index contributed by atoms with van der Waals surface area (Å²) in [5.41, 5.74) is 2.69. The fourth-order valence-corrected chi connectivity index (χ4v) is 1.97. The molecule has 0 spiro atoms. The van der Waals surface area contributed by atoms with Crippen molar-refractivity contribution in [1.29, 1.82) is 0 Å². The van der Waals surface area contributed by atoms with Crippen LogP contribution in [0, 0.1) is 0 Å². The van der Waals surface area contributed by atoms with E-state index in [0.29, 0.717) is 6.61 Å². The standard InChI is InChI=1S/C14H18O/c1-12-7-5-6-10-14(12)15-11-13-8-3-2-4-9-13/h2-4,8-9H,5-7,10-11H2,1H3. The SMILES string of the molecule is CC1=C(OCc2ccccc2)CCCC1. The molecule has 0 radical (unpaired) electrons. The van der Waals surface area contributed by atoms with Crippen molar-refractivity contribution in [3.63, 3.8) is 0 Å². The lowest BCUT2D eigenvalue weighted by molar-refractivity contribution is 0.178. The maximum Gasteiger partial charge on any atom is 0.113 e. The van der Waals surface area contributed by atoms with Gasteiger partial charge in [0.1, 0.15) is 6.61 Å². The van der Waals surface area contributed by atoms with Crippen molar-refractivity contribution in [2.24, 2.45) is 0 Å². The van der Waals surface area contributed by atoms with E-state index in [9.17, 15) is 0 Å². The Morgan fingerprint density at radius 3 is 2.53 bits per heavy atom. The van der Waals surface area contributed by atoms with Gasteiger partial charge >= 0.3 is 0 Å². The average Bonchev–Trinajstić information content (AvgIpc) is 2.29. The molecule has 0 amide bonds. The van der Waals surface area contributed by atoms with Crippen LogP contribution in [-0.4, -0.2) is 0 Å². The number of hydrogen-bond acceptors (Lipinski definition) is 1. The van der Waals surface area contributed by atoms with Gasteiger partial charge in [-0.2, -0.15) is 0 Å². The molecule has 2 rings (SSSR count). The first kappa shape index (κ1) is 10.3. The molecule has 0 N–H and O–H groups in total. The highest BCUT2D eigenvalue weighted by molar-refractivity contribution is 5.15. The van der Waals surface area contributed by atoms with Crippen LogP contribution < -0.4 is 0 Å². The van der Waals surface area contributed by atoms with Crippen molar-refractivity contribution in [3.8, 4) is 0 Å². The van der Waals surface area contributed by atoms with Crippen molar-refractivity contribution >= 4 is 0 Å². The second-order valence-corrected chi connectivity index (χ2v) is 4.18. The number of hydrogen-bond donors (Lipinski definition) is 0. The molecule has 0 aliphatic heterocycles. The largest absolute Gasteiger partial charge is 0.493 e. The van der Waals surface area contributed by atoms with Gasteiger partial charge in [0.2, 0.25) is 0 Å². The Kier molecular flexibility index (Phi) is 3.44. The third kappa shape index (κ3) is 2.85. The van der Waals surface area contributed by atoms with E-state index in [2.05, 4.69) is 31.2 Å². The minimum absolute atomic E-state index is 0.716. The molecule has 0 saturated carbocycles. The lowest BCUT2D eigenvalue weighted by Gasteiger charge is -2.18. The van der Waals surface area contributed by atoms with Gasteiger partial charge in [0.25, 0.3) is 0 Å². The van der Waals surface area contributed by atoms with E-state index in [1.54, 1.807) is 0 Å². The minimum Gasteiger partial charge on any atom is -0.493 e. The van der Waals surface area contributed by atoms with E-state index in [-0.39, 0.29) is 0 Å². The summed E-state index contributed by atoms with van der Waals surface area (Å²) in [4.78, 5) is 0. The molecule has 0 unspecified atom stereocenters. The highest BCUT2D eigenvalue weighted by Crippen LogP contribution is 2.25. The van der Waals surface area contributed by atoms with Crippen molar-refractivity contribution in [2.45, 2.75) is 39.2 Å². The first-order valence-corrected chi connectivity index (χ1v) is 5.71. The summed E-state index contributed by atoms with van der Waals surface area (Å²) < 4.78 is 5.86. The monoisotopic (exact) mass is 202 g/mol. The molecular weight excluding hydrogens is 184 g/mol. The van der Waals surface area contributed by atoms with E-state index < -0.39 is 0 Å². The predicted octanol–water partition coefficient (Wildman–Crippen LogP) is 4.05. The Bertz CT molecular complexity index is 338. The summed E-state index contributed by atoms with van der Waals surface area (Å²) >= 11 is 0. The van der Waals surface area contributed by atoms with Crippen molar-refractivity contribution in [1.82, 2.24) is 0 Å². The Hall–Kier alpha value is -1.24. The van der Waals surface area contributed by atoms with Gasteiger partial charge in [-0.25, -0.2) is 0 Å². The second kappa shape index (κ2) is 5.01. The summed E-state index contributed by atoms with van der Waals surface area (Å²) in [5, 5.41) is 0. The Balaban J connectivity index is 1.93. The van der Waals surface area contributed by atoms with Crippen LogP contribution in [0.15, 0.2) is 41.7 Å². The first-order chi connectivity index (χ1) is 7.36. The van der Waals surface area contributed by atoms with Crippen LogP contribution in [0.2, 0.25) is 0 Å². The van der Waals surface area contributed by atoms with Crippen LogP contribution in [0.5, 0.6) is 0 Å². The highest BCUT2D eigenvalue weighted by atomic mass is 16.5. The molecule has 0 atom stereocenters. The normalized spacial score (nSPS) is 16.6. The van der Waals surface area contributed by atoms with Gasteiger partial charge in [0.15, 0.2) is 0 Å². The molecule has 80 valence electrons. The fraction of sp³-hybridized carbons (Fsp3) is 0.429. The molecule has 0 fully saturated rings. The van der Waals surface area contributed by atoms with Crippen molar-refractivity contribution in [2.75, 3.05) is 0 Å². The fourth-order valence-electron chi connectivity index (χ4n) is 1.97. The summed E-state index contributed by atoms with van der Waals surface area (Å²) in [6.45, 7) is 2.91. The third-order valence-corrected chi connectivity index (χ3v) is 2.94. The number of rotatable bonds is 3. The molecule has 0 bridgehead atoms. The highest BCUT2D eigenvalue weighted by Gasteiger charge is 2.09. The Morgan fingerprint density at radius 1 is 1.07 bits per heavy atom. The van der Waals surface area contributed by atoms with Gasteiger partial charge in [-0.1, -0.05) is 30.3 Å². The van der Waals surface area contributed by atoms with Crippen LogP contribution in [0.3, 0.4) is 0 Å². The van der Waals surface area contributed by atoms with Gasteiger partial charge in [0, 0.05) is 6.42 Å². The smallest absolute Gasteiger partial charge is 0.113 e. The number of allylic oxidation sites excluding steroid dienone is 2. The minimum atomic E-state index is 0.716. The number of benzene rings is 1. The van der Waals surface area contributed by atoms with Crippen LogP contribution in [-0.2, 0) is 11.3 Å². The maximum atomic E-state index is 5.86. The van der Waals surface area contributed by atoms with Gasteiger partial charge in [-0.05, 0) is 37.3 Å². The molecule has 1 aliphatic carbocycles. The van der Waals surface area contributed by atoms with Crippen LogP contribution >= 0.6 is 0 Å². The third-order valence-electron chi connectivity index (χ3n) is 2.94. The van der Waals surface area contributed by atoms with E-state index >= 15 is 0 Å². The zero-order chi connectivity index (χ0) is 10.5. The number of ether oxygens (including phenoxy) is 1. The van der Waals surface area contributed by atoms with Gasteiger partial charge in [0.05, 0.1) is 5.76 Å². The van der Waals surface area contributed by atoms with Gasteiger partial charge < -0.3 is 4.74 Å². The van der Waals surface area contributed by atoms with Gasteiger partial charge in [-0.15, -0.1) is 0 Å².